The fourth-order valence-corrected chi connectivity index (χ4v) is 12.9. The van der Waals surface area contributed by atoms with Crippen molar-refractivity contribution in [1.29, 1.82) is 0 Å². The van der Waals surface area contributed by atoms with E-state index in [1.165, 1.54) is 193 Å². The Morgan fingerprint density at radius 3 is 0.731 bits per heavy atom. The van der Waals surface area contributed by atoms with E-state index in [1.54, 1.807) is 0 Å². The lowest BCUT2D eigenvalue weighted by Gasteiger charge is -2.21. The Kier molecular flexibility index (Phi) is 64.6. The van der Waals surface area contributed by atoms with E-state index in [9.17, 15) is 43.2 Å². The predicted octanol–water partition coefficient (Wildman–Crippen LogP) is 21.6. The van der Waals surface area contributed by atoms with Crippen LogP contribution in [0.3, 0.4) is 0 Å². The summed E-state index contributed by atoms with van der Waals surface area (Å²) in [6.45, 7) is 9.52. The molecule has 552 valence electrons. The number of aliphatic hydroxyl groups is 1. The number of hydrogen-bond donors (Lipinski definition) is 3. The smallest absolute Gasteiger partial charge is 0.462 e. The summed E-state index contributed by atoms with van der Waals surface area (Å²) >= 11 is 0. The number of esters is 4. The van der Waals surface area contributed by atoms with E-state index in [1.807, 2.05) is 0 Å². The fraction of sp³-hybridized carbons (Fsp3) is 0.946. The standard InChI is InChI=1S/C74H144O17P2/c1-7-9-11-13-15-17-19-20-23-27-30-34-37-44-50-56-71(76)84-62-69(90-74(79)59-53-47-39-35-31-28-25-22-21-24-26-29-32-36-42-48-54-66(3)4)64-88-92(80,81)86-60-68(75)61-87-93(82,83)89-65-70(63-85-72(77)57-51-45-41-40-43-49-55-67(5)6)91-73(78)58-52-46-38-33-18-16-14-12-10-8-2/h66-70,75H,7-65H2,1-6H3,(H,80,81)(H,82,83)/t68-,69-,70-/m1/s1. The number of ether oxygens (including phenoxy) is 4. The van der Waals surface area contributed by atoms with Crippen molar-refractivity contribution in [3.05, 3.63) is 0 Å². The highest BCUT2D eigenvalue weighted by Crippen LogP contribution is 2.45. The van der Waals surface area contributed by atoms with Gasteiger partial charge in [-0.25, -0.2) is 9.13 Å². The summed E-state index contributed by atoms with van der Waals surface area (Å²) in [6.07, 6.45) is 52.9. The number of aliphatic hydroxyl groups excluding tert-OH is 1. The number of rotatable bonds is 73. The average Bonchev–Trinajstić information content (AvgIpc) is 1.56. The van der Waals surface area contributed by atoms with Gasteiger partial charge in [-0.3, -0.25) is 37.3 Å². The molecule has 0 rings (SSSR count). The Hall–Kier alpha value is -1.94. The number of unbranched alkanes of at least 4 members (excludes halogenated alkanes) is 43. The minimum atomic E-state index is -4.96. The monoisotopic (exact) mass is 1370 g/mol. The first kappa shape index (κ1) is 91.1. The van der Waals surface area contributed by atoms with Crippen LogP contribution in [0.15, 0.2) is 0 Å². The molecule has 0 aromatic rings. The quantitative estimate of drug-likeness (QED) is 0.0222. The van der Waals surface area contributed by atoms with Crippen molar-refractivity contribution < 1.29 is 80.2 Å². The summed E-state index contributed by atoms with van der Waals surface area (Å²) in [7, 11) is -9.90. The molecule has 0 saturated carbocycles. The highest BCUT2D eigenvalue weighted by Gasteiger charge is 2.30. The minimum absolute atomic E-state index is 0.105. The van der Waals surface area contributed by atoms with Gasteiger partial charge in [-0.05, 0) is 37.5 Å². The van der Waals surface area contributed by atoms with Gasteiger partial charge in [-0.2, -0.15) is 0 Å². The lowest BCUT2D eigenvalue weighted by Crippen LogP contribution is -2.30. The molecule has 0 aliphatic carbocycles. The number of hydrogen-bond acceptors (Lipinski definition) is 15. The van der Waals surface area contributed by atoms with Gasteiger partial charge < -0.3 is 33.8 Å². The third-order valence-electron chi connectivity index (χ3n) is 17.2. The molecular weight excluding hydrogens is 1220 g/mol. The normalized spacial score (nSPS) is 14.1. The van der Waals surface area contributed by atoms with E-state index in [2.05, 4.69) is 41.5 Å². The number of phosphoric ester groups is 2. The van der Waals surface area contributed by atoms with Crippen molar-refractivity contribution in [2.75, 3.05) is 39.6 Å². The summed E-state index contributed by atoms with van der Waals surface area (Å²) in [5, 5.41) is 10.6. The molecule has 0 saturated heterocycles. The van der Waals surface area contributed by atoms with Gasteiger partial charge in [0.1, 0.15) is 19.3 Å². The predicted molar refractivity (Wildman–Crippen MR) is 377 cm³/mol. The minimum Gasteiger partial charge on any atom is -0.462 e. The number of carbonyl (C=O) groups is 4. The van der Waals surface area contributed by atoms with Crippen LogP contribution >= 0.6 is 15.6 Å². The van der Waals surface area contributed by atoms with Crippen LogP contribution in [0, 0.1) is 11.8 Å². The molecule has 0 amide bonds. The zero-order valence-electron chi connectivity index (χ0n) is 60.6. The maximum Gasteiger partial charge on any atom is 0.472 e. The van der Waals surface area contributed by atoms with Crippen LogP contribution in [0.25, 0.3) is 0 Å². The molecule has 0 aromatic carbocycles. The van der Waals surface area contributed by atoms with Crippen LogP contribution in [-0.2, 0) is 65.4 Å². The van der Waals surface area contributed by atoms with Gasteiger partial charge in [0.05, 0.1) is 26.4 Å². The van der Waals surface area contributed by atoms with Crippen LogP contribution < -0.4 is 0 Å². The zero-order valence-corrected chi connectivity index (χ0v) is 62.3. The Bertz CT molecular complexity index is 1800. The molecule has 0 spiro atoms. The molecule has 19 heteroatoms. The number of phosphoric acid groups is 2. The summed E-state index contributed by atoms with van der Waals surface area (Å²) in [5.41, 5.74) is 0. The molecule has 17 nitrogen and oxygen atoms in total. The fourth-order valence-electron chi connectivity index (χ4n) is 11.3. The third kappa shape index (κ3) is 68.4. The van der Waals surface area contributed by atoms with Gasteiger partial charge in [0.15, 0.2) is 12.2 Å². The number of carbonyl (C=O) groups excluding carboxylic acids is 4. The highest BCUT2D eigenvalue weighted by atomic mass is 31.2. The second kappa shape index (κ2) is 66.0. The molecule has 93 heavy (non-hydrogen) atoms. The molecule has 2 unspecified atom stereocenters. The molecule has 0 aliphatic rings. The van der Waals surface area contributed by atoms with Crippen molar-refractivity contribution in [1.82, 2.24) is 0 Å². The van der Waals surface area contributed by atoms with Gasteiger partial charge in [0.2, 0.25) is 0 Å². The molecule has 0 bridgehead atoms. The van der Waals surface area contributed by atoms with Gasteiger partial charge in [0, 0.05) is 25.7 Å². The van der Waals surface area contributed by atoms with E-state index in [0.29, 0.717) is 31.6 Å². The molecule has 0 radical (unpaired) electrons. The average molecular weight is 1370 g/mol. The van der Waals surface area contributed by atoms with Crippen LogP contribution in [-0.4, -0.2) is 96.7 Å². The van der Waals surface area contributed by atoms with Gasteiger partial charge in [-0.1, -0.05) is 330 Å². The molecule has 0 fully saturated rings. The summed E-state index contributed by atoms with van der Waals surface area (Å²) in [4.78, 5) is 72.6. The SMILES string of the molecule is CCCCCCCCCCCCCCCCCC(=O)OC[C@H](COP(=O)(O)OC[C@@H](O)COP(=O)(O)OC[C@@H](COC(=O)CCCCCCCCC(C)C)OC(=O)CCCCCCCCCCCC)OC(=O)CCCCCCCCCCCCCCCCCCC(C)C. The topological polar surface area (TPSA) is 237 Å². The van der Waals surface area contributed by atoms with E-state index < -0.39 is 97.5 Å². The molecule has 5 atom stereocenters. The second-order valence-electron chi connectivity index (χ2n) is 27.6. The first-order chi connectivity index (χ1) is 44.9. The lowest BCUT2D eigenvalue weighted by atomic mass is 10.0. The Morgan fingerprint density at radius 2 is 0.495 bits per heavy atom. The first-order valence-electron chi connectivity index (χ1n) is 38.5. The van der Waals surface area contributed by atoms with Crippen molar-refractivity contribution in [2.24, 2.45) is 11.8 Å². The summed E-state index contributed by atoms with van der Waals surface area (Å²) in [6, 6.07) is 0. The van der Waals surface area contributed by atoms with Crippen molar-refractivity contribution in [3.8, 4) is 0 Å². The molecule has 0 aromatic heterocycles. The first-order valence-corrected chi connectivity index (χ1v) is 41.5. The Balaban J connectivity index is 5.20. The van der Waals surface area contributed by atoms with E-state index >= 15 is 0 Å². The maximum absolute atomic E-state index is 13.1. The van der Waals surface area contributed by atoms with Gasteiger partial charge in [-0.15, -0.1) is 0 Å². The molecular formula is C74H144O17P2. The van der Waals surface area contributed by atoms with E-state index in [-0.39, 0.29) is 25.7 Å². The van der Waals surface area contributed by atoms with Crippen molar-refractivity contribution in [3.63, 3.8) is 0 Å². The van der Waals surface area contributed by atoms with Gasteiger partial charge in [0.25, 0.3) is 0 Å². The second-order valence-corrected chi connectivity index (χ2v) is 30.5. The molecule has 0 aliphatic heterocycles. The van der Waals surface area contributed by atoms with Crippen LogP contribution in [0.4, 0.5) is 0 Å². The summed E-state index contributed by atoms with van der Waals surface area (Å²) < 4.78 is 68.4. The van der Waals surface area contributed by atoms with Crippen molar-refractivity contribution in [2.45, 2.75) is 400 Å². The zero-order chi connectivity index (χ0) is 68.6. The Labute approximate surface area is 568 Å². The van der Waals surface area contributed by atoms with Gasteiger partial charge >= 0.3 is 39.5 Å². The van der Waals surface area contributed by atoms with Crippen molar-refractivity contribution >= 4 is 39.5 Å². The van der Waals surface area contributed by atoms with Crippen LogP contribution in [0.2, 0.25) is 0 Å². The Morgan fingerprint density at radius 1 is 0.290 bits per heavy atom. The summed E-state index contributed by atoms with van der Waals surface area (Å²) in [5.74, 6) is -0.631. The van der Waals surface area contributed by atoms with E-state index in [0.717, 1.165) is 102 Å². The van der Waals surface area contributed by atoms with Crippen LogP contribution in [0.5, 0.6) is 0 Å². The third-order valence-corrected chi connectivity index (χ3v) is 19.1. The maximum atomic E-state index is 13.1. The lowest BCUT2D eigenvalue weighted by molar-refractivity contribution is -0.161. The molecule has 0 heterocycles. The highest BCUT2D eigenvalue weighted by molar-refractivity contribution is 7.47. The molecule has 3 N–H and O–H groups in total. The van der Waals surface area contributed by atoms with Crippen LogP contribution in [0.1, 0.15) is 382 Å². The largest absolute Gasteiger partial charge is 0.472 e. The van der Waals surface area contributed by atoms with E-state index in [4.69, 9.17) is 37.0 Å².